The van der Waals surface area contributed by atoms with Gasteiger partial charge in [0.1, 0.15) is 17.9 Å². The quantitative estimate of drug-likeness (QED) is 0.565. The molecule has 3 rings (SSSR count). The third-order valence-corrected chi connectivity index (χ3v) is 3.67. The van der Waals surface area contributed by atoms with Crippen LogP contribution in [-0.4, -0.2) is 16.0 Å². The molecule has 6 heteroatoms. The molecule has 0 bridgehead atoms. The van der Waals surface area contributed by atoms with Crippen molar-refractivity contribution in [2.45, 2.75) is 6.61 Å². The molecule has 0 aliphatic rings. The average molecular weight is 323 g/mol. The summed E-state index contributed by atoms with van der Waals surface area (Å²) >= 11 is 0. The molecule has 0 aliphatic carbocycles. The summed E-state index contributed by atoms with van der Waals surface area (Å²) in [4.78, 5) is 21.5. The fraction of sp³-hybridized carbons (Fsp3) is 0.0556. The molecule has 0 amide bonds. The number of nitro benzene ring substituents is 1. The van der Waals surface area contributed by atoms with E-state index >= 15 is 0 Å². The number of nitrogens with zero attached hydrogens (tertiary/aromatic N) is 1. The van der Waals surface area contributed by atoms with Crippen molar-refractivity contribution in [2.75, 3.05) is 0 Å². The van der Waals surface area contributed by atoms with E-state index in [1.807, 2.05) is 42.5 Å². The van der Waals surface area contributed by atoms with Crippen molar-refractivity contribution in [3.05, 3.63) is 81.9 Å². The summed E-state index contributed by atoms with van der Waals surface area (Å²) < 4.78 is 5.62. The van der Waals surface area contributed by atoms with Crippen LogP contribution in [0.15, 0.2) is 60.7 Å². The van der Waals surface area contributed by atoms with Gasteiger partial charge in [-0.2, -0.15) is 0 Å². The number of aromatic carboxylic acids is 1. The zero-order valence-electron chi connectivity index (χ0n) is 12.5. The molecule has 0 saturated carbocycles. The van der Waals surface area contributed by atoms with Crippen molar-refractivity contribution in [1.82, 2.24) is 0 Å². The Kier molecular flexibility index (Phi) is 4.11. The summed E-state index contributed by atoms with van der Waals surface area (Å²) in [6.45, 7) is 0.166. The molecule has 0 aromatic heterocycles. The van der Waals surface area contributed by atoms with Crippen LogP contribution < -0.4 is 4.74 Å². The predicted octanol–water partition coefficient (Wildman–Crippen LogP) is 4.03. The van der Waals surface area contributed by atoms with E-state index in [0.29, 0.717) is 0 Å². The molecule has 0 saturated heterocycles. The Morgan fingerprint density at radius 2 is 1.83 bits per heavy atom. The van der Waals surface area contributed by atoms with Crippen molar-refractivity contribution in [3.63, 3.8) is 0 Å². The number of benzene rings is 3. The lowest BCUT2D eigenvalue weighted by atomic mass is 10.1. The number of fused-ring (bicyclic) bond motifs is 1. The maximum absolute atomic E-state index is 11.3. The van der Waals surface area contributed by atoms with Crippen LogP contribution in [0.2, 0.25) is 0 Å². The van der Waals surface area contributed by atoms with E-state index in [1.54, 1.807) is 0 Å². The Morgan fingerprint density at radius 1 is 1.08 bits per heavy atom. The maximum Gasteiger partial charge on any atom is 0.339 e. The summed E-state index contributed by atoms with van der Waals surface area (Å²) in [5.74, 6) is -1.17. The van der Waals surface area contributed by atoms with Crippen LogP contribution in [0.4, 0.5) is 5.69 Å². The van der Waals surface area contributed by atoms with Crippen molar-refractivity contribution in [2.24, 2.45) is 0 Å². The van der Waals surface area contributed by atoms with Gasteiger partial charge < -0.3 is 9.84 Å². The minimum Gasteiger partial charge on any atom is -0.488 e. The Bertz CT molecular complexity index is 930. The van der Waals surface area contributed by atoms with Gasteiger partial charge in [0.15, 0.2) is 0 Å². The molecule has 6 nitrogen and oxygen atoms in total. The van der Waals surface area contributed by atoms with Crippen LogP contribution in [0.25, 0.3) is 10.8 Å². The first-order chi connectivity index (χ1) is 11.6. The molecular formula is C18H13NO5. The number of rotatable bonds is 5. The summed E-state index contributed by atoms with van der Waals surface area (Å²) in [5.41, 5.74) is 0.386. The highest BCUT2D eigenvalue weighted by Crippen LogP contribution is 2.26. The molecule has 0 fully saturated rings. The number of hydrogen-bond donors (Lipinski definition) is 1. The Hall–Kier alpha value is -3.41. The average Bonchev–Trinajstić information content (AvgIpc) is 2.59. The summed E-state index contributed by atoms with van der Waals surface area (Å²) in [7, 11) is 0. The normalized spacial score (nSPS) is 10.5. The Labute approximate surface area is 137 Å². The first-order valence-electron chi connectivity index (χ1n) is 7.17. The fourth-order valence-electron chi connectivity index (χ4n) is 2.50. The van der Waals surface area contributed by atoms with E-state index in [4.69, 9.17) is 4.74 Å². The zero-order chi connectivity index (χ0) is 17.1. The third-order valence-electron chi connectivity index (χ3n) is 3.67. The maximum atomic E-state index is 11.3. The largest absolute Gasteiger partial charge is 0.488 e. The first kappa shape index (κ1) is 15.5. The van der Waals surface area contributed by atoms with Crippen LogP contribution in [0.1, 0.15) is 15.9 Å². The molecule has 3 aromatic carbocycles. The molecular weight excluding hydrogens is 310 g/mol. The molecule has 3 aromatic rings. The van der Waals surface area contributed by atoms with Crippen LogP contribution in [0.5, 0.6) is 5.75 Å². The van der Waals surface area contributed by atoms with E-state index in [0.717, 1.165) is 22.4 Å². The zero-order valence-corrected chi connectivity index (χ0v) is 12.5. The molecule has 0 aliphatic heterocycles. The molecule has 0 unspecified atom stereocenters. The number of non-ortho nitro benzene ring substituents is 1. The summed E-state index contributed by atoms with van der Waals surface area (Å²) in [6, 6.07) is 17.1. The smallest absolute Gasteiger partial charge is 0.339 e. The SMILES string of the molecule is O=C(O)c1cc([N+](=O)[O-])ccc1OCc1cccc2ccccc12. The number of carbonyl (C=O) groups is 1. The Balaban J connectivity index is 1.91. The second-order valence-corrected chi connectivity index (χ2v) is 5.17. The van der Waals surface area contributed by atoms with E-state index in [2.05, 4.69) is 0 Å². The van der Waals surface area contributed by atoms with E-state index in [-0.39, 0.29) is 23.6 Å². The van der Waals surface area contributed by atoms with Gasteiger partial charge in [-0.3, -0.25) is 10.1 Å². The van der Waals surface area contributed by atoms with Gasteiger partial charge in [-0.05, 0) is 22.4 Å². The molecule has 0 atom stereocenters. The van der Waals surface area contributed by atoms with Gasteiger partial charge in [-0.25, -0.2) is 4.79 Å². The molecule has 0 radical (unpaired) electrons. The monoisotopic (exact) mass is 323 g/mol. The minimum absolute atomic E-state index is 0.0982. The second kappa shape index (κ2) is 6.37. The second-order valence-electron chi connectivity index (χ2n) is 5.17. The highest BCUT2D eigenvalue weighted by atomic mass is 16.6. The lowest BCUT2D eigenvalue weighted by Crippen LogP contribution is -2.04. The molecule has 0 spiro atoms. The van der Waals surface area contributed by atoms with Crippen LogP contribution in [0, 0.1) is 10.1 Å². The van der Waals surface area contributed by atoms with Gasteiger partial charge in [0, 0.05) is 12.1 Å². The molecule has 120 valence electrons. The topological polar surface area (TPSA) is 89.7 Å². The van der Waals surface area contributed by atoms with E-state index < -0.39 is 10.9 Å². The lowest BCUT2D eigenvalue weighted by molar-refractivity contribution is -0.384. The summed E-state index contributed by atoms with van der Waals surface area (Å²) in [5, 5.41) is 22.1. The highest BCUT2D eigenvalue weighted by molar-refractivity contribution is 5.91. The number of hydrogen-bond acceptors (Lipinski definition) is 4. The minimum atomic E-state index is -1.27. The summed E-state index contributed by atoms with van der Waals surface area (Å²) in [6.07, 6.45) is 0. The van der Waals surface area contributed by atoms with Gasteiger partial charge in [-0.1, -0.05) is 42.5 Å². The number of ether oxygens (including phenoxy) is 1. The van der Waals surface area contributed by atoms with Gasteiger partial charge in [-0.15, -0.1) is 0 Å². The highest BCUT2D eigenvalue weighted by Gasteiger charge is 2.17. The predicted molar refractivity (Wildman–Crippen MR) is 88.3 cm³/mol. The Morgan fingerprint density at radius 3 is 2.58 bits per heavy atom. The molecule has 24 heavy (non-hydrogen) atoms. The van der Waals surface area contributed by atoms with Gasteiger partial charge in [0.05, 0.1) is 4.92 Å². The van der Waals surface area contributed by atoms with E-state index in [1.165, 1.54) is 12.1 Å². The van der Waals surface area contributed by atoms with Crippen molar-refractivity contribution >= 4 is 22.4 Å². The lowest BCUT2D eigenvalue weighted by Gasteiger charge is -2.11. The van der Waals surface area contributed by atoms with Gasteiger partial charge >= 0.3 is 5.97 Å². The van der Waals surface area contributed by atoms with Crippen molar-refractivity contribution in [1.29, 1.82) is 0 Å². The first-order valence-corrected chi connectivity index (χ1v) is 7.17. The number of carboxylic acids is 1. The molecule has 1 N–H and O–H groups in total. The van der Waals surface area contributed by atoms with Gasteiger partial charge in [0.25, 0.3) is 5.69 Å². The van der Waals surface area contributed by atoms with E-state index in [9.17, 15) is 20.0 Å². The third kappa shape index (κ3) is 3.03. The number of carboxylic acid groups (broad SMARTS) is 1. The molecule has 0 heterocycles. The van der Waals surface area contributed by atoms with Crippen LogP contribution in [0.3, 0.4) is 0 Å². The van der Waals surface area contributed by atoms with Crippen molar-refractivity contribution < 1.29 is 19.6 Å². The fourth-order valence-corrected chi connectivity index (χ4v) is 2.50. The van der Waals surface area contributed by atoms with Gasteiger partial charge in [0.2, 0.25) is 0 Å². The standard InChI is InChI=1S/C18H13NO5/c20-18(21)16-10-14(19(22)23)8-9-17(16)24-11-13-6-3-5-12-4-1-2-7-15(12)13/h1-10H,11H2,(H,20,21). The van der Waals surface area contributed by atoms with Crippen molar-refractivity contribution in [3.8, 4) is 5.75 Å². The van der Waals surface area contributed by atoms with Crippen LogP contribution in [-0.2, 0) is 6.61 Å². The number of nitro groups is 1. The van der Waals surface area contributed by atoms with Crippen LogP contribution >= 0.6 is 0 Å².